The highest BCUT2D eigenvalue weighted by Crippen LogP contribution is 2.45. The van der Waals surface area contributed by atoms with E-state index in [0.29, 0.717) is 44.9 Å². The summed E-state index contributed by atoms with van der Waals surface area (Å²) in [4.78, 5) is 0. The van der Waals surface area contributed by atoms with Crippen LogP contribution in [0.2, 0.25) is 0 Å². The van der Waals surface area contributed by atoms with Gasteiger partial charge in [-0.15, -0.1) is 0 Å². The number of fused-ring (bicyclic) bond motifs is 3. The topological polar surface area (TPSA) is 17.0 Å². The number of furan rings is 1. The molecule has 2 nitrogen and oxygen atoms in total. The molecule has 1 saturated carbocycles. The van der Waals surface area contributed by atoms with Crippen molar-refractivity contribution in [2.45, 2.75) is 73.0 Å². The third kappa shape index (κ3) is 4.54. The average molecular weight is 542 g/mol. The summed E-state index contributed by atoms with van der Waals surface area (Å²) in [5, 5.41) is 1.44. The SMILES string of the molecule is [2H]C([2H])([2H])c1cc(-c2c(C)ccc3c2oc2c(-c4ccc(C5([2H])CCC(C(C)(C)C)CC5)cc4)c(F)ccc23)[n+](C)cc1C([2H])([2H])[2H]. The molecule has 2 aromatic heterocycles. The first kappa shape index (κ1) is 19.6. The van der Waals surface area contributed by atoms with Crippen LogP contribution in [0.15, 0.2) is 65.2 Å². The van der Waals surface area contributed by atoms with E-state index in [0.717, 1.165) is 42.2 Å². The molecule has 1 fully saturated rings. The molecule has 0 saturated heterocycles. The molecule has 40 heavy (non-hydrogen) atoms. The Morgan fingerprint density at radius 3 is 2.15 bits per heavy atom. The van der Waals surface area contributed by atoms with Gasteiger partial charge in [0.1, 0.15) is 24.0 Å². The molecule has 206 valence electrons. The fourth-order valence-corrected chi connectivity index (χ4v) is 6.46. The van der Waals surface area contributed by atoms with E-state index in [1.807, 2.05) is 43.3 Å². The van der Waals surface area contributed by atoms with E-state index in [9.17, 15) is 1.37 Å². The molecule has 3 aromatic carbocycles. The zero-order chi connectivity index (χ0) is 34.3. The molecular weight excluding hydrogens is 493 g/mol. The Morgan fingerprint density at radius 1 is 0.850 bits per heavy atom. The van der Waals surface area contributed by atoms with Gasteiger partial charge in [0.2, 0.25) is 5.69 Å². The fraction of sp³-hybridized carbons (Fsp3) is 0.378. The van der Waals surface area contributed by atoms with E-state index in [4.69, 9.17) is 12.6 Å². The van der Waals surface area contributed by atoms with Crippen LogP contribution in [-0.4, -0.2) is 0 Å². The van der Waals surface area contributed by atoms with E-state index in [2.05, 4.69) is 20.8 Å². The van der Waals surface area contributed by atoms with Crippen molar-refractivity contribution in [3.8, 4) is 22.4 Å². The minimum atomic E-state index is -2.66. The van der Waals surface area contributed by atoms with E-state index in [1.54, 1.807) is 17.7 Å². The monoisotopic (exact) mass is 541 g/mol. The van der Waals surface area contributed by atoms with Gasteiger partial charge in [0, 0.05) is 32.0 Å². The maximum absolute atomic E-state index is 15.7. The molecule has 0 spiro atoms. The third-order valence-corrected chi connectivity index (χ3v) is 8.89. The van der Waals surface area contributed by atoms with Crippen LogP contribution in [0.3, 0.4) is 0 Å². The lowest BCUT2D eigenvalue weighted by atomic mass is 9.68. The summed E-state index contributed by atoms with van der Waals surface area (Å²) >= 11 is 0. The Kier molecular flexibility index (Phi) is 4.83. The average Bonchev–Trinajstić information content (AvgIpc) is 3.34. The van der Waals surface area contributed by atoms with E-state index >= 15 is 4.39 Å². The summed E-state index contributed by atoms with van der Waals surface area (Å²) in [7, 11) is 1.68. The highest BCUT2D eigenvalue weighted by atomic mass is 19.1. The molecule has 0 amide bonds. The van der Waals surface area contributed by atoms with Crippen molar-refractivity contribution in [1.29, 1.82) is 0 Å². The summed E-state index contributed by atoms with van der Waals surface area (Å²) in [5.74, 6) is -0.518. The molecule has 0 unspecified atom stereocenters. The van der Waals surface area contributed by atoms with Crippen LogP contribution >= 0.6 is 0 Å². The standard InChI is InChI=1S/C37H41FNO/c1-22-8-17-29-30-18-19-31(38)34(36(30)40-35(29)33(22)32-20-23(2)24(3)21-39(32)7)27-11-9-25(10-12-27)26-13-15-28(16-14-26)37(4,5)6/h8-12,17-21,26,28H,13-16H2,1-7H3/q+1/i2D3,3D3,26D. The molecular formula is C37H41FNO+. The predicted molar refractivity (Wildman–Crippen MR) is 164 cm³/mol. The number of aryl methyl sites for hydroxylation is 4. The number of hydrogen-bond acceptors (Lipinski definition) is 1. The molecule has 0 radical (unpaired) electrons. The van der Waals surface area contributed by atoms with Crippen LogP contribution in [0.1, 0.15) is 84.2 Å². The highest BCUT2D eigenvalue weighted by molar-refractivity contribution is 6.13. The van der Waals surface area contributed by atoms with Crippen molar-refractivity contribution < 1.29 is 23.0 Å². The van der Waals surface area contributed by atoms with Gasteiger partial charge in [0.25, 0.3) is 0 Å². The van der Waals surface area contributed by atoms with Crippen LogP contribution in [0.5, 0.6) is 0 Å². The highest BCUT2D eigenvalue weighted by Gasteiger charge is 2.30. The van der Waals surface area contributed by atoms with Gasteiger partial charge in [-0.3, -0.25) is 0 Å². The lowest BCUT2D eigenvalue weighted by Crippen LogP contribution is -2.31. The first-order chi connectivity index (χ1) is 21.8. The maximum Gasteiger partial charge on any atom is 0.216 e. The lowest BCUT2D eigenvalue weighted by molar-refractivity contribution is -0.660. The Bertz CT molecular complexity index is 1990. The summed E-state index contributed by atoms with van der Waals surface area (Å²) < 4.78 is 81.3. The second-order valence-corrected chi connectivity index (χ2v) is 12.5. The van der Waals surface area contributed by atoms with Gasteiger partial charge in [0.15, 0.2) is 6.20 Å². The molecule has 2 heterocycles. The molecule has 3 heteroatoms. The van der Waals surface area contributed by atoms with E-state index < -0.39 is 25.4 Å². The van der Waals surface area contributed by atoms with Crippen LogP contribution in [0, 0.1) is 37.8 Å². The predicted octanol–water partition coefficient (Wildman–Crippen LogP) is 10.1. The number of hydrogen-bond donors (Lipinski definition) is 0. The number of pyridine rings is 1. The Labute approximate surface area is 247 Å². The van der Waals surface area contributed by atoms with Gasteiger partial charge >= 0.3 is 0 Å². The number of benzene rings is 3. The quantitative estimate of drug-likeness (QED) is 0.208. The number of halogens is 1. The lowest BCUT2D eigenvalue weighted by Gasteiger charge is -2.37. The zero-order valence-electron chi connectivity index (χ0n) is 30.9. The molecule has 1 aliphatic rings. The van der Waals surface area contributed by atoms with E-state index in [1.165, 1.54) is 18.3 Å². The van der Waals surface area contributed by atoms with Crippen LogP contribution in [0.25, 0.3) is 44.3 Å². The molecule has 0 N–H and O–H groups in total. The van der Waals surface area contributed by atoms with Crippen molar-refractivity contribution in [3.63, 3.8) is 0 Å². The first-order valence-electron chi connectivity index (χ1n) is 17.6. The van der Waals surface area contributed by atoms with E-state index in [-0.39, 0.29) is 16.5 Å². The van der Waals surface area contributed by atoms with Crippen molar-refractivity contribution in [2.75, 3.05) is 0 Å². The van der Waals surface area contributed by atoms with Gasteiger partial charge in [-0.1, -0.05) is 57.2 Å². The smallest absolute Gasteiger partial charge is 0.216 e. The normalized spacial score (nSPS) is 23.1. The molecule has 1 aliphatic carbocycles. The van der Waals surface area contributed by atoms with Gasteiger partial charge in [-0.05, 0) is 97.9 Å². The van der Waals surface area contributed by atoms with Crippen molar-refractivity contribution in [3.05, 3.63) is 88.9 Å². The van der Waals surface area contributed by atoms with Crippen LogP contribution < -0.4 is 4.57 Å². The van der Waals surface area contributed by atoms with Gasteiger partial charge < -0.3 is 4.42 Å². The molecule has 5 aromatic rings. The fourth-order valence-electron chi connectivity index (χ4n) is 6.46. The van der Waals surface area contributed by atoms with Crippen molar-refractivity contribution >= 4 is 21.9 Å². The van der Waals surface area contributed by atoms with Crippen molar-refractivity contribution in [1.82, 2.24) is 0 Å². The van der Waals surface area contributed by atoms with Crippen LogP contribution in [-0.2, 0) is 7.05 Å². The van der Waals surface area contributed by atoms with Crippen LogP contribution in [0.4, 0.5) is 4.39 Å². The first-order valence-corrected chi connectivity index (χ1v) is 14.1. The Morgan fingerprint density at radius 2 is 1.50 bits per heavy atom. The number of nitrogens with zero attached hydrogens (tertiary/aromatic N) is 1. The summed E-state index contributed by atoms with van der Waals surface area (Å²) in [6.07, 6.45) is 4.95. The van der Waals surface area contributed by atoms with Gasteiger partial charge in [-0.2, -0.15) is 0 Å². The molecule has 0 atom stereocenters. The molecule has 0 aliphatic heterocycles. The third-order valence-electron chi connectivity index (χ3n) is 8.89. The number of aromatic nitrogens is 1. The molecule has 0 bridgehead atoms. The zero-order valence-corrected chi connectivity index (χ0v) is 23.9. The van der Waals surface area contributed by atoms with Gasteiger partial charge in [-0.25, -0.2) is 8.96 Å². The Hall–Kier alpha value is -3.46. The van der Waals surface area contributed by atoms with Crippen molar-refractivity contribution in [2.24, 2.45) is 18.4 Å². The second-order valence-electron chi connectivity index (χ2n) is 12.5. The minimum absolute atomic E-state index is 0.225. The largest absolute Gasteiger partial charge is 0.454 e. The van der Waals surface area contributed by atoms with Gasteiger partial charge in [0.05, 0.1) is 11.1 Å². The molecule has 6 rings (SSSR count). The summed E-state index contributed by atoms with van der Waals surface area (Å²) in [5.41, 5.74) is 4.32. The minimum Gasteiger partial charge on any atom is -0.454 e. The summed E-state index contributed by atoms with van der Waals surface area (Å²) in [6.45, 7) is 3.41. The second kappa shape index (κ2) is 9.87. The number of rotatable bonds is 3. The maximum atomic E-state index is 15.7. The Balaban J connectivity index is 1.48. The summed E-state index contributed by atoms with van der Waals surface area (Å²) in [6, 6.07) is 16.0.